The van der Waals surface area contributed by atoms with Gasteiger partial charge in [-0.3, -0.25) is 4.79 Å². The summed E-state index contributed by atoms with van der Waals surface area (Å²) in [4.78, 5) is 30.2. The van der Waals surface area contributed by atoms with Gasteiger partial charge in [0.2, 0.25) is 0 Å². The first-order valence-corrected chi connectivity index (χ1v) is 10.4. The van der Waals surface area contributed by atoms with Crippen LogP contribution in [0.5, 0.6) is 0 Å². The lowest BCUT2D eigenvalue weighted by atomic mass is 10.1. The molecule has 9 heteroatoms. The molecule has 0 aliphatic carbocycles. The van der Waals surface area contributed by atoms with Crippen LogP contribution in [0.2, 0.25) is 5.02 Å². The minimum absolute atomic E-state index is 0.0241. The van der Waals surface area contributed by atoms with Crippen molar-refractivity contribution >= 4 is 40.2 Å². The molecule has 0 radical (unpaired) electrons. The highest BCUT2D eigenvalue weighted by molar-refractivity contribution is 6.33. The van der Waals surface area contributed by atoms with Gasteiger partial charge >= 0.3 is 5.97 Å². The number of pyridine rings is 1. The predicted molar refractivity (Wildman–Crippen MR) is 121 cm³/mol. The van der Waals surface area contributed by atoms with E-state index in [0.717, 1.165) is 0 Å². The van der Waals surface area contributed by atoms with Crippen LogP contribution in [0.15, 0.2) is 59.3 Å². The van der Waals surface area contributed by atoms with Gasteiger partial charge in [0.15, 0.2) is 17.5 Å². The van der Waals surface area contributed by atoms with Gasteiger partial charge in [0.1, 0.15) is 5.69 Å². The van der Waals surface area contributed by atoms with E-state index in [1.807, 2.05) is 13.8 Å². The second-order valence-corrected chi connectivity index (χ2v) is 7.88. The molecule has 4 aromatic rings. The summed E-state index contributed by atoms with van der Waals surface area (Å²) < 4.78 is 12.6. The van der Waals surface area contributed by atoms with Crippen LogP contribution in [0.3, 0.4) is 0 Å². The molecule has 0 fully saturated rings. The smallest absolute Gasteiger partial charge is 0.339 e. The van der Waals surface area contributed by atoms with E-state index in [1.54, 1.807) is 53.3 Å². The molecular formula is C23H21ClN4O4. The van der Waals surface area contributed by atoms with Crippen LogP contribution in [-0.4, -0.2) is 32.7 Å². The summed E-state index contributed by atoms with van der Waals surface area (Å²) >= 11 is 6.09. The van der Waals surface area contributed by atoms with Crippen molar-refractivity contribution in [1.82, 2.24) is 14.8 Å². The summed E-state index contributed by atoms with van der Waals surface area (Å²) in [6.07, 6.45) is 2.04. The van der Waals surface area contributed by atoms with Crippen molar-refractivity contribution in [3.8, 4) is 11.5 Å². The summed E-state index contributed by atoms with van der Waals surface area (Å²) in [7, 11) is 0. The van der Waals surface area contributed by atoms with Gasteiger partial charge in [0.25, 0.3) is 5.91 Å². The lowest BCUT2D eigenvalue weighted by Crippen LogP contribution is -2.30. The van der Waals surface area contributed by atoms with E-state index in [2.05, 4.69) is 15.4 Å². The Bertz CT molecular complexity index is 1280. The highest BCUT2D eigenvalue weighted by atomic mass is 35.5. The van der Waals surface area contributed by atoms with Crippen molar-refractivity contribution in [3.63, 3.8) is 0 Å². The minimum atomic E-state index is -1.06. The van der Waals surface area contributed by atoms with Crippen LogP contribution in [0.1, 0.15) is 37.2 Å². The predicted octanol–water partition coefficient (Wildman–Crippen LogP) is 5.11. The molecule has 0 saturated carbocycles. The Balaban J connectivity index is 1.64. The Labute approximate surface area is 189 Å². The monoisotopic (exact) mass is 452 g/mol. The first-order chi connectivity index (χ1) is 15.3. The summed E-state index contributed by atoms with van der Waals surface area (Å²) in [5.41, 5.74) is 1.66. The number of benzene rings is 1. The fraction of sp³-hybridized carbons (Fsp3) is 0.217. The maximum atomic E-state index is 13.1. The Morgan fingerprint density at radius 3 is 2.62 bits per heavy atom. The molecule has 32 heavy (non-hydrogen) atoms. The zero-order chi connectivity index (χ0) is 22.8. The SMILES string of the molecule is CC(OC(=O)c1cc(-c2ccco2)nc2c1cnn2C(C)C)C(=O)Nc1ccccc1Cl. The normalized spacial score (nSPS) is 12.2. The molecule has 3 heterocycles. The Morgan fingerprint density at radius 2 is 1.94 bits per heavy atom. The van der Waals surface area contributed by atoms with E-state index in [9.17, 15) is 9.59 Å². The van der Waals surface area contributed by atoms with Crippen LogP contribution in [0.4, 0.5) is 5.69 Å². The number of nitrogens with one attached hydrogen (secondary N) is 1. The van der Waals surface area contributed by atoms with Gasteiger partial charge in [0, 0.05) is 6.04 Å². The van der Waals surface area contributed by atoms with Crippen molar-refractivity contribution in [2.75, 3.05) is 5.32 Å². The number of ether oxygens (including phenoxy) is 1. The van der Waals surface area contributed by atoms with Crippen molar-refractivity contribution in [1.29, 1.82) is 0 Å². The van der Waals surface area contributed by atoms with Gasteiger partial charge in [-0.05, 0) is 51.1 Å². The molecule has 1 atom stereocenters. The van der Waals surface area contributed by atoms with E-state index in [0.29, 0.717) is 33.2 Å². The maximum absolute atomic E-state index is 13.1. The summed E-state index contributed by atoms with van der Waals surface area (Å²) in [5.74, 6) is -0.668. The van der Waals surface area contributed by atoms with Crippen LogP contribution in [-0.2, 0) is 9.53 Å². The number of hydrogen-bond acceptors (Lipinski definition) is 6. The molecule has 0 bridgehead atoms. The fourth-order valence-corrected chi connectivity index (χ4v) is 3.37. The van der Waals surface area contributed by atoms with Crippen LogP contribution in [0.25, 0.3) is 22.5 Å². The first-order valence-electron chi connectivity index (χ1n) is 10.0. The number of fused-ring (bicyclic) bond motifs is 1. The van der Waals surface area contributed by atoms with Gasteiger partial charge in [0.05, 0.1) is 34.1 Å². The van der Waals surface area contributed by atoms with E-state index < -0.39 is 18.0 Å². The number of rotatable bonds is 6. The number of nitrogens with zero attached hydrogens (tertiary/aromatic N) is 3. The summed E-state index contributed by atoms with van der Waals surface area (Å²) in [5, 5.41) is 7.94. The number of aromatic nitrogens is 3. The zero-order valence-electron chi connectivity index (χ0n) is 17.7. The zero-order valence-corrected chi connectivity index (χ0v) is 18.5. The number of furan rings is 1. The molecule has 1 aromatic carbocycles. The molecule has 4 rings (SSSR count). The standard InChI is InChI=1S/C23H21ClN4O4/c1-13(2)28-21-16(12-25-28)15(11-19(26-21)20-9-6-10-31-20)23(30)32-14(3)22(29)27-18-8-5-4-7-17(18)24/h4-14H,1-3H3,(H,27,29). The highest BCUT2D eigenvalue weighted by Crippen LogP contribution is 2.27. The first kappa shape index (κ1) is 21.6. The number of anilines is 1. The van der Waals surface area contributed by atoms with Crippen molar-refractivity contribution in [3.05, 3.63) is 65.5 Å². The topological polar surface area (TPSA) is 99.2 Å². The average Bonchev–Trinajstić information content (AvgIpc) is 3.44. The Morgan fingerprint density at radius 1 is 1.16 bits per heavy atom. The second kappa shape index (κ2) is 8.84. The Hall–Kier alpha value is -3.65. The summed E-state index contributed by atoms with van der Waals surface area (Å²) in [6.45, 7) is 5.42. The third-order valence-electron chi connectivity index (χ3n) is 4.83. The number of carbonyl (C=O) groups excluding carboxylic acids is 2. The molecule has 164 valence electrons. The molecule has 1 unspecified atom stereocenters. The molecule has 8 nitrogen and oxygen atoms in total. The number of para-hydroxylation sites is 1. The number of esters is 1. The summed E-state index contributed by atoms with van der Waals surface area (Å²) in [6, 6.07) is 11.9. The van der Waals surface area contributed by atoms with E-state index >= 15 is 0 Å². The van der Waals surface area contributed by atoms with Crippen LogP contribution < -0.4 is 5.32 Å². The van der Waals surface area contributed by atoms with Crippen LogP contribution >= 0.6 is 11.6 Å². The van der Waals surface area contributed by atoms with Gasteiger partial charge in [-0.25, -0.2) is 14.5 Å². The third-order valence-corrected chi connectivity index (χ3v) is 5.16. The molecule has 0 saturated heterocycles. The number of carbonyl (C=O) groups is 2. The average molecular weight is 453 g/mol. The molecule has 3 aromatic heterocycles. The third kappa shape index (κ3) is 4.22. The molecular weight excluding hydrogens is 432 g/mol. The Kier molecular flexibility index (Phi) is 5.96. The van der Waals surface area contributed by atoms with Crippen molar-refractivity contribution < 1.29 is 18.7 Å². The number of hydrogen-bond donors (Lipinski definition) is 1. The fourth-order valence-electron chi connectivity index (χ4n) is 3.19. The second-order valence-electron chi connectivity index (χ2n) is 7.47. The van der Waals surface area contributed by atoms with E-state index in [-0.39, 0.29) is 11.6 Å². The van der Waals surface area contributed by atoms with Crippen molar-refractivity contribution in [2.45, 2.75) is 32.9 Å². The highest BCUT2D eigenvalue weighted by Gasteiger charge is 2.24. The van der Waals surface area contributed by atoms with Crippen molar-refractivity contribution in [2.24, 2.45) is 0 Å². The lowest BCUT2D eigenvalue weighted by molar-refractivity contribution is -0.123. The molecule has 1 N–H and O–H groups in total. The maximum Gasteiger partial charge on any atom is 0.339 e. The molecule has 0 aliphatic rings. The largest absolute Gasteiger partial charge is 0.463 e. The lowest BCUT2D eigenvalue weighted by Gasteiger charge is -2.15. The molecule has 0 aliphatic heterocycles. The molecule has 0 spiro atoms. The quantitative estimate of drug-likeness (QED) is 0.408. The van der Waals surface area contributed by atoms with E-state index in [4.69, 9.17) is 20.8 Å². The van der Waals surface area contributed by atoms with Gasteiger partial charge < -0.3 is 14.5 Å². The minimum Gasteiger partial charge on any atom is -0.463 e. The van der Waals surface area contributed by atoms with Crippen LogP contribution in [0, 0.1) is 0 Å². The number of halogens is 1. The van der Waals surface area contributed by atoms with Gasteiger partial charge in [-0.2, -0.15) is 5.10 Å². The van der Waals surface area contributed by atoms with Gasteiger partial charge in [-0.1, -0.05) is 23.7 Å². The van der Waals surface area contributed by atoms with E-state index in [1.165, 1.54) is 13.2 Å². The number of amides is 1. The molecule has 1 amide bonds. The van der Waals surface area contributed by atoms with Gasteiger partial charge in [-0.15, -0.1) is 0 Å².